The smallest absolute Gasteiger partial charge is 0.351 e. The van der Waals surface area contributed by atoms with Crippen LogP contribution in [0.25, 0.3) is 0 Å². The molecule has 3 aliphatic rings. The fourth-order valence-electron chi connectivity index (χ4n) is 4.43. The molecule has 11 heteroatoms. The van der Waals surface area contributed by atoms with Gasteiger partial charge in [-0.15, -0.1) is 11.8 Å². The van der Waals surface area contributed by atoms with Crippen molar-refractivity contribution in [3.63, 3.8) is 0 Å². The molecule has 2 aromatic rings. The summed E-state index contributed by atoms with van der Waals surface area (Å²) in [6.45, 7) is 2.90. The Morgan fingerprint density at radius 1 is 1.06 bits per heavy atom. The summed E-state index contributed by atoms with van der Waals surface area (Å²) in [4.78, 5) is 37.3. The molecule has 0 radical (unpaired) electrons. The fourth-order valence-corrected chi connectivity index (χ4v) is 5.13. The van der Waals surface area contributed by atoms with E-state index in [1.807, 2.05) is 4.90 Å². The number of nitrogens with one attached hydrogen (secondary N) is 1. The lowest BCUT2D eigenvalue weighted by Gasteiger charge is -2.24. The third-order valence-electron chi connectivity index (χ3n) is 6.24. The van der Waals surface area contributed by atoms with Crippen molar-refractivity contribution < 1.29 is 22.8 Å². The van der Waals surface area contributed by atoms with Crippen LogP contribution in [0.1, 0.15) is 26.3 Å². The van der Waals surface area contributed by atoms with Crippen LogP contribution in [0, 0.1) is 0 Å². The SMILES string of the molecule is O=C(NCC1CN=CS1)c1ccc(N2CC3=C(CN(C(=O)c4ccccc4C(F)(F)F)C3)C2)nc1. The maximum atomic E-state index is 13.3. The summed E-state index contributed by atoms with van der Waals surface area (Å²) in [6.07, 6.45) is -3.05. The van der Waals surface area contributed by atoms with Gasteiger partial charge in [-0.05, 0) is 35.4 Å². The number of aliphatic imine (C=N–C) groups is 1. The van der Waals surface area contributed by atoms with Gasteiger partial charge < -0.3 is 15.1 Å². The van der Waals surface area contributed by atoms with Crippen molar-refractivity contribution >= 4 is 34.9 Å². The monoisotopic (exact) mass is 501 g/mol. The van der Waals surface area contributed by atoms with E-state index in [-0.39, 0.29) is 16.7 Å². The number of aromatic nitrogens is 1. The summed E-state index contributed by atoms with van der Waals surface area (Å²) >= 11 is 1.60. The highest BCUT2D eigenvalue weighted by atomic mass is 32.2. The van der Waals surface area contributed by atoms with Gasteiger partial charge in [-0.1, -0.05) is 12.1 Å². The largest absolute Gasteiger partial charge is 0.417 e. The van der Waals surface area contributed by atoms with Gasteiger partial charge in [-0.25, -0.2) is 4.98 Å². The van der Waals surface area contributed by atoms with Crippen LogP contribution < -0.4 is 10.2 Å². The molecule has 4 heterocycles. The first-order valence-electron chi connectivity index (χ1n) is 11.1. The van der Waals surface area contributed by atoms with Crippen LogP contribution in [-0.4, -0.2) is 71.8 Å². The zero-order valence-electron chi connectivity index (χ0n) is 18.6. The van der Waals surface area contributed by atoms with Crippen LogP contribution in [0.2, 0.25) is 0 Å². The molecule has 0 fully saturated rings. The molecule has 0 spiro atoms. The number of nitrogens with zero attached hydrogens (tertiary/aromatic N) is 4. The zero-order chi connectivity index (χ0) is 24.6. The topological polar surface area (TPSA) is 77.9 Å². The third kappa shape index (κ3) is 4.90. The zero-order valence-corrected chi connectivity index (χ0v) is 19.4. The molecule has 1 unspecified atom stereocenters. The van der Waals surface area contributed by atoms with Crippen LogP contribution in [-0.2, 0) is 6.18 Å². The number of hydrogen-bond donors (Lipinski definition) is 1. The Hall–Kier alpha value is -3.34. The number of anilines is 1. The molecule has 0 bridgehead atoms. The van der Waals surface area contributed by atoms with Crippen molar-refractivity contribution in [2.75, 3.05) is 44.2 Å². The average molecular weight is 502 g/mol. The van der Waals surface area contributed by atoms with Crippen LogP contribution >= 0.6 is 11.8 Å². The second-order valence-corrected chi connectivity index (χ2v) is 9.76. The molecule has 3 aliphatic heterocycles. The molecule has 1 aromatic heterocycles. The number of benzene rings is 1. The molecule has 1 N–H and O–H groups in total. The Bertz CT molecular complexity index is 1190. The van der Waals surface area contributed by atoms with E-state index in [2.05, 4.69) is 15.3 Å². The van der Waals surface area contributed by atoms with Crippen LogP contribution in [0.3, 0.4) is 0 Å². The summed E-state index contributed by atoms with van der Waals surface area (Å²) in [5, 5.41) is 3.16. The average Bonchev–Trinajstić information content (AvgIpc) is 3.58. The van der Waals surface area contributed by atoms with Crippen molar-refractivity contribution in [2.45, 2.75) is 11.4 Å². The highest BCUT2D eigenvalue weighted by Crippen LogP contribution is 2.34. The first kappa shape index (κ1) is 23.4. The second-order valence-electron chi connectivity index (χ2n) is 8.61. The maximum Gasteiger partial charge on any atom is 0.417 e. The molecule has 35 heavy (non-hydrogen) atoms. The summed E-state index contributed by atoms with van der Waals surface area (Å²) in [7, 11) is 0. The van der Waals surface area contributed by atoms with E-state index in [9.17, 15) is 22.8 Å². The lowest BCUT2D eigenvalue weighted by atomic mass is 10.1. The minimum Gasteiger partial charge on any atom is -0.351 e. The van der Waals surface area contributed by atoms with Crippen LogP contribution in [0.4, 0.5) is 19.0 Å². The molecule has 0 saturated carbocycles. The normalized spacial score (nSPS) is 19.5. The minimum atomic E-state index is -4.59. The summed E-state index contributed by atoms with van der Waals surface area (Å²) in [5.74, 6) is -0.0993. The van der Waals surface area contributed by atoms with Gasteiger partial charge >= 0.3 is 6.18 Å². The second kappa shape index (κ2) is 9.37. The number of thioether (sulfide) groups is 1. The van der Waals surface area contributed by atoms with Gasteiger partial charge in [0.25, 0.3) is 11.8 Å². The van der Waals surface area contributed by atoms with Gasteiger partial charge in [0.05, 0.1) is 28.8 Å². The maximum absolute atomic E-state index is 13.3. The molecule has 2 amide bonds. The molecule has 0 aliphatic carbocycles. The van der Waals surface area contributed by atoms with Crippen LogP contribution in [0.5, 0.6) is 0 Å². The molecule has 5 rings (SSSR count). The third-order valence-corrected chi connectivity index (χ3v) is 7.21. The quantitative estimate of drug-likeness (QED) is 0.637. The highest BCUT2D eigenvalue weighted by molar-refractivity contribution is 8.12. The molecule has 1 aromatic carbocycles. The van der Waals surface area contributed by atoms with Gasteiger partial charge in [-0.3, -0.25) is 14.6 Å². The van der Waals surface area contributed by atoms with E-state index >= 15 is 0 Å². The number of rotatable bonds is 5. The van der Waals surface area contributed by atoms with Gasteiger partial charge in [0, 0.05) is 44.2 Å². The van der Waals surface area contributed by atoms with Gasteiger partial charge in [-0.2, -0.15) is 13.2 Å². The van der Waals surface area contributed by atoms with E-state index in [0.29, 0.717) is 50.6 Å². The van der Waals surface area contributed by atoms with Crippen LogP contribution in [0.15, 0.2) is 58.7 Å². The number of carbonyl (C=O) groups is 2. The summed E-state index contributed by atoms with van der Waals surface area (Å²) in [5.41, 5.74) is 3.06. The van der Waals surface area contributed by atoms with Crippen molar-refractivity contribution in [1.82, 2.24) is 15.2 Å². The Morgan fingerprint density at radius 3 is 2.43 bits per heavy atom. The predicted molar refractivity (Wildman–Crippen MR) is 128 cm³/mol. The highest BCUT2D eigenvalue weighted by Gasteiger charge is 2.38. The summed E-state index contributed by atoms with van der Waals surface area (Å²) < 4.78 is 40.0. The molecular formula is C24H22F3N5O2S. The number of carbonyl (C=O) groups excluding carboxylic acids is 2. The number of amides is 2. The minimum absolute atomic E-state index is 0.188. The fraction of sp³-hybridized carbons (Fsp3) is 0.333. The standard InChI is InChI=1S/C24H22F3N5O2S/c25-24(26,27)20-4-2-1-3-19(20)23(34)32-12-16-10-31(11-17(16)13-32)21-6-5-15(7-29-21)22(33)30-9-18-8-28-14-35-18/h1-7,14,18H,8-13H2,(H,30,33). The van der Waals surface area contributed by atoms with Crippen molar-refractivity contribution in [3.8, 4) is 0 Å². The molecule has 1 atom stereocenters. The Morgan fingerprint density at radius 2 is 1.80 bits per heavy atom. The summed E-state index contributed by atoms with van der Waals surface area (Å²) in [6, 6.07) is 8.40. The Labute approximate surface area is 204 Å². The van der Waals surface area contributed by atoms with E-state index < -0.39 is 17.6 Å². The van der Waals surface area contributed by atoms with Crippen molar-refractivity contribution in [1.29, 1.82) is 0 Å². The van der Waals surface area contributed by atoms with Gasteiger partial charge in [0.15, 0.2) is 0 Å². The predicted octanol–water partition coefficient (Wildman–Crippen LogP) is 3.25. The molecule has 0 saturated heterocycles. The van der Waals surface area contributed by atoms with E-state index in [1.165, 1.54) is 29.3 Å². The number of pyridine rings is 1. The Kier molecular flexibility index (Phi) is 6.26. The van der Waals surface area contributed by atoms with Gasteiger partial charge in [0.2, 0.25) is 0 Å². The Balaban J connectivity index is 1.17. The first-order chi connectivity index (χ1) is 16.8. The first-order valence-corrected chi connectivity index (χ1v) is 12.0. The number of halogens is 3. The van der Waals surface area contributed by atoms with E-state index in [1.54, 1.807) is 29.4 Å². The molecule has 182 valence electrons. The lowest BCUT2D eigenvalue weighted by molar-refractivity contribution is -0.138. The van der Waals surface area contributed by atoms with Crippen molar-refractivity contribution in [3.05, 3.63) is 70.4 Å². The van der Waals surface area contributed by atoms with Gasteiger partial charge in [0.1, 0.15) is 5.82 Å². The molecule has 7 nitrogen and oxygen atoms in total. The number of hydrogen-bond acceptors (Lipinski definition) is 6. The lowest BCUT2D eigenvalue weighted by Crippen LogP contribution is -2.35. The van der Waals surface area contributed by atoms with E-state index in [4.69, 9.17) is 0 Å². The number of alkyl halides is 3. The van der Waals surface area contributed by atoms with E-state index in [0.717, 1.165) is 17.2 Å². The molecular weight excluding hydrogens is 479 g/mol. The van der Waals surface area contributed by atoms with Crippen molar-refractivity contribution in [2.24, 2.45) is 4.99 Å².